The molecule has 0 saturated carbocycles. The van der Waals surface area contributed by atoms with Gasteiger partial charge in [-0.15, -0.1) is 11.3 Å². The second-order valence-corrected chi connectivity index (χ2v) is 8.31. The third-order valence-corrected chi connectivity index (χ3v) is 5.16. The van der Waals surface area contributed by atoms with Gasteiger partial charge in [-0.05, 0) is 22.4 Å². The third kappa shape index (κ3) is 5.32. The molecular formula is C17H26N4S2. The zero-order valence-corrected chi connectivity index (χ0v) is 16.2. The molecule has 0 spiro atoms. The van der Waals surface area contributed by atoms with Gasteiger partial charge in [0, 0.05) is 44.4 Å². The van der Waals surface area contributed by atoms with Crippen LogP contribution in [-0.4, -0.2) is 36.5 Å². The Labute approximate surface area is 147 Å². The van der Waals surface area contributed by atoms with Crippen molar-refractivity contribution in [1.82, 2.24) is 15.2 Å². The highest BCUT2D eigenvalue weighted by atomic mass is 32.1. The van der Waals surface area contributed by atoms with Gasteiger partial charge in [-0.25, -0.2) is 4.98 Å². The molecule has 126 valence electrons. The van der Waals surface area contributed by atoms with Crippen molar-refractivity contribution in [2.24, 2.45) is 4.99 Å². The predicted octanol–water partition coefficient (Wildman–Crippen LogP) is 3.75. The van der Waals surface area contributed by atoms with E-state index in [9.17, 15) is 0 Å². The van der Waals surface area contributed by atoms with E-state index in [-0.39, 0.29) is 5.41 Å². The molecule has 2 aromatic heterocycles. The number of rotatable bonds is 5. The number of aromatic nitrogens is 1. The Bertz CT molecular complexity index is 623. The first-order valence-corrected chi connectivity index (χ1v) is 9.60. The summed E-state index contributed by atoms with van der Waals surface area (Å²) in [6.07, 6.45) is 0.923. The van der Waals surface area contributed by atoms with Crippen LogP contribution in [0.2, 0.25) is 0 Å². The normalized spacial score (nSPS) is 12.5. The fourth-order valence-electron chi connectivity index (χ4n) is 2.17. The molecule has 6 heteroatoms. The Morgan fingerprint density at radius 2 is 2.13 bits per heavy atom. The molecule has 0 saturated heterocycles. The van der Waals surface area contributed by atoms with Gasteiger partial charge in [0.2, 0.25) is 0 Å². The van der Waals surface area contributed by atoms with Crippen molar-refractivity contribution in [3.05, 3.63) is 38.5 Å². The zero-order chi connectivity index (χ0) is 16.9. The number of thiophene rings is 1. The number of nitrogens with one attached hydrogen (secondary N) is 1. The number of hydrogen-bond donors (Lipinski definition) is 1. The number of aliphatic imine (C=N–C) groups is 1. The summed E-state index contributed by atoms with van der Waals surface area (Å²) in [5, 5.41) is 11.1. The first kappa shape index (κ1) is 17.9. The van der Waals surface area contributed by atoms with E-state index in [0.717, 1.165) is 25.5 Å². The summed E-state index contributed by atoms with van der Waals surface area (Å²) < 4.78 is 0. The van der Waals surface area contributed by atoms with Gasteiger partial charge in [-0.3, -0.25) is 4.99 Å². The lowest BCUT2D eigenvalue weighted by molar-refractivity contribution is 0.478. The molecule has 0 aromatic carbocycles. The van der Waals surface area contributed by atoms with Gasteiger partial charge >= 0.3 is 0 Å². The van der Waals surface area contributed by atoms with Crippen molar-refractivity contribution in [1.29, 1.82) is 0 Å². The fraction of sp³-hybridized carbons (Fsp3) is 0.529. The number of nitrogens with zero attached hydrogens (tertiary/aromatic N) is 3. The lowest BCUT2D eigenvalue weighted by atomic mass is 9.93. The van der Waals surface area contributed by atoms with Crippen LogP contribution in [0, 0.1) is 0 Å². The van der Waals surface area contributed by atoms with Crippen molar-refractivity contribution in [3.8, 4) is 0 Å². The second kappa shape index (κ2) is 7.93. The summed E-state index contributed by atoms with van der Waals surface area (Å²) in [4.78, 5) is 11.2. The van der Waals surface area contributed by atoms with Gasteiger partial charge in [0.05, 0.1) is 10.7 Å². The van der Waals surface area contributed by atoms with Crippen LogP contribution in [0.3, 0.4) is 0 Å². The molecule has 2 aromatic rings. The van der Waals surface area contributed by atoms with Crippen LogP contribution in [0.4, 0.5) is 0 Å². The molecule has 0 aliphatic rings. The highest BCUT2D eigenvalue weighted by molar-refractivity contribution is 7.09. The largest absolute Gasteiger partial charge is 0.356 e. The molecule has 23 heavy (non-hydrogen) atoms. The fourth-order valence-corrected chi connectivity index (χ4v) is 3.85. The molecule has 0 aliphatic heterocycles. The predicted molar refractivity (Wildman–Crippen MR) is 102 cm³/mol. The number of hydrogen-bond acceptors (Lipinski definition) is 4. The van der Waals surface area contributed by atoms with Crippen LogP contribution in [0.25, 0.3) is 0 Å². The van der Waals surface area contributed by atoms with Crippen LogP contribution < -0.4 is 5.32 Å². The van der Waals surface area contributed by atoms with E-state index in [0.29, 0.717) is 0 Å². The molecule has 0 fully saturated rings. The molecule has 0 amide bonds. The smallest absolute Gasteiger partial charge is 0.193 e. The van der Waals surface area contributed by atoms with Crippen molar-refractivity contribution in [2.45, 2.75) is 39.2 Å². The first-order valence-electron chi connectivity index (χ1n) is 7.78. The van der Waals surface area contributed by atoms with E-state index in [2.05, 4.69) is 65.2 Å². The van der Waals surface area contributed by atoms with Crippen molar-refractivity contribution in [2.75, 3.05) is 20.6 Å². The maximum Gasteiger partial charge on any atom is 0.193 e. The van der Waals surface area contributed by atoms with E-state index in [1.165, 1.54) is 16.3 Å². The molecule has 0 unspecified atom stereocenters. The monoisotopic (exact) mass is 350 g/mol. The topological polar surface area (TPSA) is 40.5 Å². The third-order valence-electron chi connectivity index (χ3n) is 3.52. The van der Waals surface area contributed by atoms with Gasteiger partial charge in [0.25, 0.3) is 0 Å². The SMILES string of the molecule is CN=C(NCCc1nc(C(C)(C)C)cs1)N(C)Cc1ccsc1. The lowest BCUT2D eigenvalue weighted by Crippen LogP contribution is -2.39. The summed E-state index contributed by atoms with van der Waals surface area (Å²) in [6.45, 7) is 8.31. The summed E-state index contributed by atoms with van der Waals surface area (Å²) in [5.74, 6) is 0.920. The summed E-state index contributed by atoms with van der Waals surface area (Å²) in [6, 6.07) is 2.15. The molecule has 0 atom stereocenters. The van der Waals surface area contributed by atoms with Gasteiger partial charge in [0.15, 0.2) is 5.96 Å². The van der Waals surface area contributed by atoms with Crippen LogP contribution in [-0.2, 0) is 18.4 Å². The van der Waals surface area contributed by atoms with Gasteiger partial charge in [0.1, 0.15) is 0 Å². The minimum Gasteiger partial charge on any atom is -0.356 e. The highest BCUT2D eigenvalue weighted by Crippen LogP contribution is 2.23. The Balaban J connectivity index is 1.83. The molecule has 0 aliphatic carbocycles. The molecule has 0 radical (unpaired) electrons. The van der Waals surface area contributed by atoms with Crippen LogP contribution >= 0.6 is 22.7 Å². The summed E-state index contributed by atoms with van der Waals surface area (Å²) >= 11 is 3.47. The van der Waals surface area contributed by atoms with Crippen LogP contribution in [0.15, 0.2) is 27.2 Å². The number of thiazole rings is 1. The van der Waals surface area contributed by atoms with E-state index in [4.69, 9.17) is 4.98 Å². The Morgan fingerprint density at radius 1 is 1.35 bits per heavy atom. The van der Waals surface area contributed by atoms with E-state index in [1.54, 1.807) is 22.7 Å². The molecular weight excluding hydrogens is 324 g/mol. The summed E-state index contributed by atoms with van der Waals surface area (Å²) in [7, 11) is 3.89. The molecule has 0 bridgehead atoms. The van der Waals surface area contributed by atoms with E-state index in [1.807, 2.05) is 7.05 Å². The molecule has 2 rings (SSSR count). The van der Waals surface area contributed by atoms with Gasteiger partial charge in [-0.2, -0.15) is 11.3 Å². The average Bonchev–Trinajstić information content (AvgIpc) is 3.14. The van der Waals surface area contributed by atoms with E-state index < -0.39 is 0 Å². The van der Waals surface area contributed by atoms with Crippen molar-refractivity contribution < 1.29 is 0 Å². The Kier molecular flexibility index (Phi) is 6.18. The summed E-state index contributed by atoms with van der Waals surface area (Å²) in [5.41, 5.74) is 2.62. The Morgan fingerprint density at radius 3 is 2.70 bits per heavy atom. The highest BCUT2D eigenvalue weighted by Gasteiger charge is 2.17. The van der Waals surface area contributed by atoms with Crippen molar-refractivity contribution in [3.63, 3.8) is 0 Å². The molecule has 4 nitrogen and oxygen atoms in total. The maximum atomic E-state index is 4.74. The average molecular weight is 351 g/mol. The van der Waals surface area contributed by atoms with Crippen LogP contribution in [0.1, 0.15) is 37.0 Å². The van der Waals surface area contributed by atoms with E-state index >= 15 is 0 Å². The quantitative estimate of drug-likeness (QED) is 0.659. The lowest BCUT2D eigenvalue weighted by Gasteiger charge is -2.21. The molecule has 2 heterocycles. The minimum absolute atomic E-state index is 0.124. The van der Waals surface area contributed by atoms with Gasteiger partial charge < -0.3 is 10.2 Å². The standard InChI is InChI=1S/C17H26N4S2/c1-17(2,3)14-12-23-15(20-14)6-8-19-16(18-4)21(5)10-13-7-9-22-11-13/h7,9,11-12H,6,8,10H2,1-5H3,(H,18,19). The van der Waals surface area contributed by atoms with Crippen molar-refractivity contribution >= 4 is 28.6 Å². The second-order valence-electron chi connectivity index (χ2n) is 6.59. The van der Waals surface area contributed by atoms with Gasteiger partial charge in [-0.1, -0.05) is 20.8 Å². The van der Waals surface area contributed by atoms with Crippen LogP contribution in [0.5, 0.6) is 0 Å². The minimum atomic E-state index is 0.124. The number of guanidine groups is 1. The Hall–Kier alpha value is -1.40. The molecule has 1 N–H and O–H groups in total. The maximum absolute atomic E-state index is 4.74. The first-order chi connectivity index (χ1) is 10.9. The zero-order valence-electron chi connectivity index (χ0n) is 14.6.